The maximum absolute atomic E-state index is 12.1. The van der Waals surface area contributed by atoms with E-state index in [2.05, 4.69) is 4.98 Å². The number of aryl methyl sites for hydroxylation is 1. The molecule has 0 saturated carbocycles. The summed E-state index contributed by atoms with van der Waals surface area (Å²) in [4.78, 5) is 29.5. The lowest BCUT2D eigenvalue weighted by atomic mass is 10.0. The summed E-state index contributed by atoms with van der Waals surface area (Å²) in [5.74, 6) is -0.503. The Morgan fingerprint density at radius 1 is 1.38 bits per heavy atom. The van der Waals surface area contributed by atoms with Gasteiger partial charge in [0.2, 0.25) is 0 Å². The number of aromatic nitrogens is 1. The average Bonchev–Trinajstić information content (AvgIpc) is 2.35. The molecular formula is C15H21N3O3. The fraction of sp³-hybridized carbons (Fsp3) is 0.533. The second-order valence-electron chi connectivity index (χ2n) is 6.24. The first-order chi connectivity index (χ1) is 9.67. The van der Waals surface area contributed by atoms with Crippen LogP contribution in [0.15, 0.2) is 6.07 Å². The van der Waals surface area contributed by atoms with Crippen LogP contribution in [0.5, 0.6) is 0 Å². The van der Waals surface area contributed by atoms with Crippen molar-refractivity contribution in [3.8, 4) is 0 Å². The summed E-state index contributed by atoms with van der Waals surface area (Å²) in [7, 11) is 0. The number of rotatable bonds is 1. The molecule has 21 heavy (non-hydrogen) atoms. The summed E-state index contributed by atoms with van der Waals surface area (Å²) >= 11 is 0. The largest absolute Gasteiger partial charge is 0.444 e. The van der Waals surface area contributed by atoms with Gasteiger partial charge < -0.3 is 15.4 Å². The third-order valence-corrected chi connectivity index (χ3v) is 3.28. The molecule has 1 aliphatic heterocycles. The normalized spacial score (nSPS) is 14.6. The van der Waals surface area contributed by atoms with Gasteiger partial charge in [-0.15, -0.1) is 0 Å². The first-order valence-electron chi connectivity index (χ1n) is 6.94. The van der Waals surface area contributed by atoms with Gasteiger partial charge in [-0.2, -0.15) is 0 Å². The molecule has 0 radical (unpaired) electrons. The number of pyridine rings is 1. The van der Waals surface area contributed by atoms with Crippen LogP contribution in [0, 0.1) is 6.92 Å². The van der Waals surface area contributed by atoms with Crippen molar-refractivity contribution >= 4 is 12.0 Å². The molecule has 0 fully saturated rings. The molecular weight excluding hydrogens is 270 g/mol. The van der Waals surface area contributed by atoms with Crippen LogP contribution in [0.1, 0.15) is 48.1 Å². The van der Waals surface area contributed by atoms with Crippen LogP contribution in [0.2, 0.25) is 0 Å². The zero-order valence-electron chi connectivity index (χ0n) is 12.9. The first-order valence-corrected chi connectivity index (χ1v) is 6.94. The summed E-state index contributed by atoms with van der Waals surface area (Å²) in [6.45, 7) is 8.21. The Bertz CT molecular complexity index is 591. The summed E-state index contributed by atoms with van der Waals surface area (Å²) in [6.07, 6.45) is 0.295. The molecule has 6 nitrogen and oxygen atoms in total. The second kappa shape index (κ2) is 5.35. The molecule has 0 atom stereocenters. The van der Waals surface area contributed by atoms with Crippen LogP contribution in [0.25, 0.3) is 0 Å². The van der Waals surface area contributed by atoms with Crippen LogP contribution in [-0.2, 0) is 17.7 Å². The number of ether oxygens (including phenoxy) is 1. The summed E-state index contributed by atoms with van der Waals surface area (Å²) in [5, 5.41) is 0. The van der Waals surface area contributed by atoms with E-state index in [0.717, 1.165) is 11.3 Å². The SMILES string of the molecule is Cc1nc2c(cc1C(N)=O)CN(C(=O)OC(C)(C)C)CC2. The van der Waals surface area contributed by atoms with Gasteiger partial charge in [-0.1, -0.05) is 0 Å². The Balaban J connectivity index is 2.22. The van der Waals surface area contributed by atoms with Gasteiger partial charge in [-0.25, -0.2) is 4.79 Å². The molecule has 1 aliphatic rings. The molecule has 2 rings (SSSR count). The van der Waals surface area contributed by atoms with E-state index in [0.29, 0.717) is 30.8 Å². The minimum atomic E-state index is -0.527. The lowest BCUT2D eigenvalue weighted by Crippen LogP contribution is -2.40. The molecule has 0 saturated heterocycles. The van der Waals surface area contributed by atoms with Gasteiger partial charge in [-0.05, 0) is 39.3 Å². The topological polar surface area (TPSA) is 85.5 Å². The molecule has 0 aromatic carbocycles. The zero-order valence-corrected chi connectivity index (χ0v) is 12.9. The van der Waals surface area contributed by atoms with Crippen molar-refractivity contribution in [3.63, 3.8) is 0 Å². The highest BCUT2D eigenvalue weighted by Gasteiger charge is 2.27. The average molecular weight is 291 g/mol. The van der Waals surface area contributed by atoms with Crippen LogP contribution in [0.4, 0.5) is 4.79 Å². The highest BCUT2D eigenvalue weighted by Crippen LogP contribution is 2.22. The Morgan fingerprint density at radius 3 is 2.62 bits per heavy atom. The molecule has 0 bridgehead atoms. The third kappa shape index (κ3) is 3.51. The molecule has 2 N–H and O–H groups in total. The van der Waals surface area contributed by atoms with E-state index >= 15 is 0 Å². The van der Waals surface area contributed by atoms with Crippen molar-refractivity contribution < 1.29 is 14.3 Å². The number of carbonyl (C=O) groups excluding carboxylic acids is 2. The van der Waals surface area contributed by atoms with Gasteiger partial charge in [0.1, 0.15) is 5.60 Å². The summed E-state index contributed by atoms with van der Waals surface area (Å²) in [6, 6.07) is 1.73. The van der Waals surface area contributed by atoms with E-state index in [1.165, 1.54) is 0 Å². The highest BCUT2D eigenvalue weighted by molar-refractivity contribution is 5.94. The van der Waals surface area contributed by atoms with Crippen molar-refractivity contribution in [1.29, 1.82) is 0 Å². The number of primary amides is 1. The van der Waals surface area contributed by atoms with Crippen molar-refractivity contribution in [2.45, 2.75) is 46.3 Å². The van der Waals surface area contributed by atoms with Crippen molar-refractivity contribution in [3.05, 3.63) is 28.6 Å². The standard InChI is InChI=1S/C15H21N3O3/c1-9-11(13(16)19)7-10-8-18(6-5-12(10)17-9)14(20)21-15(2,3)4/h7H,5-6,8H2,1-4H3,(H2,16,19). The maximum atomic E-state index is 12.1. The van der Waals surface area contributed by atoms with Crippen molar-refractivity contribution in [2.24, 2.45) is 5.73 Å². The van der Waals surface area contributed by atoms with E-state index in [4.69, 9.17) is 10.5 Å². The molecule has 1 aromatic heterocycles. The van der Waals surface area contributed by atoms with Gasteiger partial charge in [-0.3, -0.25) is 9.78 Å². The quantitative estimate of drug-likeness (QED) is 0.854. The van der Waals surface area contributed by atoms with Crippen LogP contribution >= 0.6 is 0 Å². The molecule has 0 spiro atoms. The lowest BCUT2D eigenvalue weighted by Gasteiger charge is -2.31. The van der Waals surface area contributed by atoms with Gasteiger partial charge in [0.05, 0.1) is 17.8 Å². The predicted molar refractivity (Wildman–Crippen MR) is 77.8 cm³/mol. The third-order valence-electron chi connectivity index (χ3n) is 3.28. The number of carbonyl (C=O) groups is 2. The van der Waals surface area contributed by atoms with E-state index in [9.17, 15) is 9.59 Å². The molecule has 2 amide bonds. The number of hydrogen-bond donors (Lipinski definition) is 1. The number of fused-ring (bicyclic) bond motifs is 1. The van der Waals surface area contributed by atoms with Gasteiger partial charge >= 0.3 is 6.09 Å². The number of amides is 2. The second-order valence-corrected chi connectivity index (χ2v) is 6.24. The predicted octanol–water partition coefficient (Wildman–Crippen LogP) is 1.78. The van der Waals surface area contributed by atoms with Crippen LogP contribution in [-0.4, -0.2) is 34.0 Å². The maximum Gasteiger partial charge on any atom is 0.410 e. The van der Waals surface area contributed by atoms with Crippen molar-refractivity contribution in [1.82, 2.24) is 9.88 Å². The Morgan fingerprint density at radius 2 is 2.05 bits per heavy atom. The number of hydrogen-bond acceptors (Lipinski definition) is 4. The fourth-order valence-corrected chi connectivity index (χ4v) is 2.31. The van der Waals surface area contributed by atoms with E-state index in [1.807, 2.05) is 20.8 Å². The molecule has 1 aromatic rings. The van der Waals surface area contributed by atoms with Gasteiger partial charge in [0, 0.05) is 18.7 Å². The number of nitrogens with zero attached hydrogens (tertiary/aromatic N) is 2. The summed E-state index contributed by atoms with van der Waals surface area (Å²) < 4.78 is 5.37. The van der Waals surface area contributed by atoms with Crippen LogP contribution in [0.3, 0.4) is 0 Å². The fourth-order valence-electron chi connectivity index (χ4n) is 2.31. The lowest BCUT2D eigenvalue weighted by molar-refractivity contribution is 0.0222. The monoisotopic (exact) mass is 291 g/mol. The summed E-state index contributed by atoms with van der Waals surface area (Å²) in [5.41, 5.74) is 7.62. The number of nitrogens with two attached hydrogens (primary N) is 1. The smallest absolute Gasteiger partial charge is 0.410 e. The molecule has 114 valence electrons. The first kappa shape index (κ1) is 15.3. The molecule has 0 unspecified atom stereocenters. The van der Waals surface area contributed by atoms with Gasteiger partial charge in [0.15, 0.2) is 0 Å². The van der Waals surface area contributed by atoms with Gasteiger partial charge in [0.25, 0.3) is 5.91 Å². The van der Waals surface area contributed by atoms with E-state index in [-0.39, 0.29) is 6.09 Å². The Labute approximate surface area is 124 Å². The molecule has 2 heterocycles. The molecule has 0 aliphatic carbocycles. The minimum Gasteiger partial charge on any atom is -0.444 e. The van der Waals surface area contributed by atoms with Crippen molar-refractivity contribution in [2.75, 3.05) is 6.54 Å². The minimum absolute atomic E-state index is 0.352. The Hall–Kier alpha value is -2.11. The molecule has 6 heteroatoms. The zero-order chi connectivity index (χ0) is 15.8. The van der Waals surface area contributed by atoms with E-state index < -0.39 is 11.5 Å². The highest BCUT2D eigenvalue weighted by atomic mass is 16.6. The van der Waals surface area contributed by atoms with E-state index in [1.54, 1.807) is 17.9 Å². The Kier molecular flexibility index (Phi) is 3.89. The van der Waals surface area contributed by atoms with Crippen LogP contribution < -0.4 is 5.73 Å².